The summed E-state index contributed by atoms with van der Waals surface area (Å²) in [5.74, 6) is 0.270. The average molecular weight is 393 g/mol. The number of nitrogens with zero attached hydrogens (tertiary/aromatic N) is 2. The zero-order chi connectivity index (χ0) is 16.6. The number of benzene rings is 2. The van der Waals surface area contributed by atoms with Crippen LogP contribution in [-0.4, -0.2) is 16.6 Å². The van der Waals surface area contributed by atoms with Crippen molar-refractivity contribution in [3.8, 4) is 0 Å². The van der Waals surface area contributed by atoms with Crippen molar-refractivity contribution in [2.45, 2.75) is 12.3 Å². The summed E-state index contributed by atoms with van der Waals surface area (Å²) in [5, 5.41) is 10.9. The lowest BCUT2D eigenvalue weighted by molar-refractivity contribution is -0.385. The standard InChI is InChI=1S/C16H13BrN2O3S/c1-10-8-11(6-7-13(10)17)18-15(20)9-23-16(18)12-4-2-3-5-14(12)19(21)22/h2-8,16H,9H2,1H3/t16-/m0/s1. The number of anilines is 1. The summed E-state index contributed by atoms with van der Waals surface area (Å²) in [5.41, 5.74) is 2.35. The zero-order valence-electron chi connectivity index (χ0n) is 12.2. The molecule has 0 bridgehead atoms. The molecule has 0 aromatic heterocycles. The Morgan fingerprint density at radius 1 is 1.30 bits per heavy atom. The van der Waals surface area contributed by atoms with Crippen LogP contribution in [0.2, 0.25) is 0 Å². The number of hydrogen-bond acceptors (Lipinski definition) is 4. The van der Waals surface area contributed by atoms with Gasteiger partial charge in [0.05, 0.1) is 16.2 Å². The second-order valence-corrected chi connectivity index (χ2v) is 7.10. The van der Waals surface area contributed by atoms with Crippen molar-refractivity contribution in [3.05, 3.63) is 68.2 Å². The molecule has 7 heteroatoms. The first-order valence-electron chi connectivity index (χ1n) is 6.92. The SMILES string of the molecule is Cc1cc(N2C(=O)CS[C@H]2c2ccccc2[N+](=O)[O-])ccc1Br. The maximum atomic E-state index is 12.4. The van der Waals surface area contributed by atoms with Gasteiger partial charge in [0.25, 0.3) is 5.69 Å². The molecule has 0 radical (unpaired) electrons. The first kappa shape index (κ1) is 16.0. The Morgan fingerprint density at radius 3 is 2.74 bits per heavy atom. The summed E-state index contributed by atoms with van der Waals surface area (Å²) in [6.45, 7) is 1.95. The first-order valence-corrected chi connectivity index (χ1v) is 8.76. The van der Waals surface area contributed by atoms with Gasteiger partial charge >= 0.3 is 0 Å². The highest BCUT2D eigenvalue weighted by molar-refractivity contribution is 9.10. The molecule has 0 spiro atoms. The number of carbonyl (C=O) groups is 1. The molecule has 1 aliphatic heterocycles. The van der Waals surface area contributed by atoms with Crippen LogP contribution < -0.4 is 4.90 Å². The summed E-state index contributed by atoms with van der Waals surface area (Å²) in [6, 6.07) is 12.2. The smallest absolute Gasteiger partial charge is 0.275 e. The fourth-order valence-corrected chi connectivity index (χ4v) is 4.03. The molecule has 0 aliphatic carbocycles. The number of aryl methyl sites for hydroxylation is 1. The van der Waals surface area contributed by atoms with Crippen molar-refractivity contribution in [3.63, 3.8) is 0 Å². The number of nitro benzene ring substituents is 1. The molecule has 5 nitrogen and oxygen atoms in total. The molecular formula is C16H13BrN2O3S. The van der Waals surface area contributed by atoms with Gasteiger partial charge in [-0.2, -0.15) is 0 Å². The van der Waals surface area contributed by atoms with Gasteiger partial charge in [-0.1, -0.05) is 28.1 Å². The van der Waals surface area contributed by atoms with E-state index in [4.69, 9.17) is 0 Å². The molecule has 23 heavy (non-hydrogen) atoms. The second kappa shape index (κ2) is 6.33. The van der Waals surface area contributed by atoms with Crippen LogP contribution in [0.15, 0.2) is 46.9 Å². The maximum Gasteiger partial charge on any atom is 0.275 e. The van der Waals surface area contributed by atoms with Crippen LogP contribution in [0, 0.1) is 17.0 Å². The van der Waals surface area contributed by atoms with Crippen LogP contribution >= 0.6 is 27.7 Å². The lowest BCUT2D eigenvalue weighted by Gasteiger charge is -2.24. The molecule has 2 aromatic carbocycles. The Labute approximate surface area is 146 Å². The molecule has 118 valence electrons. The number of para-hydroxylation sites is 1. The summed E-state index contributed by atoms with van der Waals surface area (Å²) in [6.07, 6.45) is 0. The minimum atomic E-state index is -0.399. The van der Waals surface area contributed by atoms with Crippen molar-refractivity contribution < 1.29 is 9.72 Å². The molecular weight excluding hydrogens is 380 g/mol. The normalized spacial score (nSPS) is 17.6. The fourth-order valence-electron chi connectivity index (χ4n) is 2.57. The number of thioether (sulfide) groups is 1. The predicted molar refractivity (Wildman–Crippen MR) is 94.7 cm³/mol. The van der Waals surface area contributed by atoms with Gasteiger partial charge in [0, 0.05) is 16.2 Å². The largest absolute Gasteiger partial charge is 0.295 e. The van der Waals surface area contributed by atoms with E-state index in [1.54, 1.807) is 23.1 Å². The van der Waals surface area contributed by atoms with Crippen molar-refractivity contribution in [1.82, 2.24) is 0 Å². The number of amides is 1. The molecule has 0 N–H and O–H groups in total. The highest BCUT2D eigenvalue weighted by atomic mass is 79.9. The van der Waals surface area contributed by atoms with Gasteiger partial charge in [-0.15, -0.1) is 11.8 Å². The van der Waals surface area contributed by atoms with E-state index in [-0.39, 0.29) is 17.0 Å². The van der Waals surface area contributed by atoms with E-state index in [2.05, 4.69) is 15.9 Å². The van der Waals surface area contributed by atoms with E-state index < -0.39 is 4.92 Å². The third-order valence-electron chi connectivity index (χ3n) is 3.69. The van der Waals surface area contributed by atoms with Crippen LogP contribution in [0.5, 0.6) is 0 Å². The lowest BCUT2D eigenvalue weighted by Crippen LogP contribution is -2.28. The number of nitro groups is 1. The van der Waals surface area contributed by atoms with Crippen LogP contribution in [0.4, 0.5) is 11.4 Å². The maximum absolute atomic E-state index is 12.4. The number of hydrogen-bond donors (Lipinski definition) is 0. The number of halogens is 1. The zero-order valence-corrected chi connectivity index (χ0v) is 14.6. The highest BCUT2D eigenvalue weighted by Crippen LogP contribution is 2.45. The highest BCUT2D eigenvalue weighted by Gasteiger charge is 2.37. The van der Waals surface area contributed by atoms with Gasteiger partial charge in [0.1, 0.15) is 5.37 Å². The van der Waals surface area contributed by atoms with E-state index in [1.165, 1.54) is 17.8 Å². The van der Waals surface area contributed by atoms with E-state index in [9.17, 15) is 14.9 Å². The fraction of sp³-hybridized carbons (Fsp3) is 0.188. The Bertz CT molecular complexity index is 797. The summed E-state index contributed by atoms with van der Waals surface area (Å²) in [4.78, 5) is 24.9. The van der Waals surface area contributed by atoms with Gasteiger partial charge in [-0.3, -0.25) is 19.8 Å². The second-order valence-electron chi connectivity index (χ2n) is 5.18. The molecule has 1 atom stereocenters. The van der Waals surface area contributed by atoms with Crippen LogP contribution in [-0.2, 0) is 4.79 Å². The molecule has 1 saturated heterocycles. The molecule has 2 aromatic rings. The average Bonchev–Trinajstić information content (AvgIpc) is 2.91. The van der Waals surface area contributed by atoms with E-state index in [0.29, 0.717) is 11.3 Å². The van der Waals surface area contributed by atoms with Crippen molar-refractivity contribution in [1.29, 1.82) is 0 Å². The third kappa shape index (κ3) is 2.98. The number of rotatable bonds is 3. The Hall–Kier alpha value is -1.86. The molecule has 0 saturated carbocycles. The van der Waals surface area contributed by atoms with Crippen LogP contribution in [0.25, 0.3) is 0 Å². The summed E-state index contributed by atoms with van der Waals surface area (Å²) in [7, 11) is 0. The summed E-state index contributed by atoms with van der Waals surface area (Å²) < 4.78 is 0.961. The monoisotopic (exact) mass is 392 g/mol. The van der Waals surface area contributed by atoms with Gasteiger partial charge in [-0.05, 0) is 36.8 Å². The molecule has 1 fully saturated rings. The van der Waals surface area contributed by atoms with Gasteiger partial charge < -0.3 is 0 Å². The van der Waals surface area contributed by atoms with Gasteiger partial charge in [0.2, 0.25) is 5.91 Å². The Kier molecular flexibility index (Phi) is 4.41. The molecule has 1 aliphatic rings. The molecule has 1 amide bonds. The third-order valence-corrected chi connectivity index (χ3v) is 5.77. The van der Waals surface area contributed by atoms with Crippen LogP contribution in [0.1, 0.15) is 16.5 Å². The lowest BCUT2D eigenvalue weighted by atomic mass is 10.1. The number of carbonyl (C=O) groups excluding carboxylic acids is 1. The van der Waals surface area contributed by atoms with Gasteiger partial charge in [0.15, 0.2) is 0 Å². The Morgan fingerprint density at radius 2 is 2.04 bits per heavy atom. The van der Waals surface area contributed by atoms with Crippen LogP contribution in [0.3, 0.4) is 0 Å². The minimum Gasteiger partial charge on any atom is -0.295 e. The van der Waals surface area contributed by atoms with Crippen molar-refractivity contribution in [2.75, 3.05) is 10.7 Å². The van der Waals surface area contributed by atoms with Crippen molar-refractivity contribution in [2.24, 2.45) is 0 Å². The molecule has 3 rings (SSSR count). The quantitative estimate of drug-likeness (QED) is 0.571. The van der Waals surface area contributed by atoms with E-state index >= 15 is 0 Å². The van der Waals surface area contributed by atoms with Crippen molar-refractivity contribution >= 4 is 45.0 Å². The van der Waals surface area contributed by atoms with Gasteiger partial charge in [-0.25, -0.2) is 0 Å². The predicted octanol–water partition coefficient (Wildman–Crippen LogP) is 4.44. The van der Waals surface area contributed by atoms with E-state index in [1.807, 2.05) is 25.1 Å². The minimum absolute atomic E-state index is 0.0403. The summed E-state index contributed by atoms with van der Waals surface area (Å²) >= 11 is 4.85. The topological polar surface area (TPSA) is 63.5 Å². The first-order chi connectivity index (χ1) is 11.0. The van der Waals surface area contributed by atoms with E-state index in [0.717, 1.165) is 15.7 Å². The Balaban J connectivity index is 2.07. The molecule has 0 unspecified atom stereocenters. The molecule has 1 heterocycles.